The van der Waals surface area contributed by atoms with Crippen molar-refractivity contribution in [1.82, 2.24) is 10.2 Å². The molecule has 1 atom stereocenters. The van der Waals surface area contributed by atoms with Crippen LogP contribution in [0.1, 0.15) is 18.4 Å². The van der Waals surface area contributed by atoms with Crippen molar-refractivity contribution in [1.29, 1.82) is 0 Å². The van der Waals surface area contributed by atoms with E-state index < -0.39 is 0 Å². The molecule has 1 aliphatic heterocycles. The molecule has 0 spiro atoms. The van der Waals surface area contributed by atoms with Gasteiger partial charge in [0.25, 0.3) is 0 Å². The normalized spacial score (nSPS) is 25.1. The average molecular weight is 234 g/mol. The molecule has 1 aromatic carbocycles. The molecule has 0 saturated carbocycles. The maximum Gasteiger partial charge on any atom is 0.118 e. The van der Waals surface area contributed by atoms with Crippen LogP contribution in [0.15, 0.2) is 24.3 Å². The molecule has 0 aliphatic carbocycles. The molecular formula is C14H22N2O. The summed E-state index contributed by atoms with van der Waals surface area (Å²) in [6.45, 7) is 2.17. The monoisotopic (exact) mass is 234 g/mol. The Hall–Kier alpha value is -1.06. The smallest absolute Gasteiger partial charge is 0.118 e. The van der Waals surface area contributed by atoms with Crippen LogP contribution in [0.25, 0.3) is 0 Å². The Morgan fingerprint density at radius 1 is 1.35 bits per heavy atom. The number of hydrogen-bond acceptors (Lipinski definition) is 3. The zero-order valence-corrected chi connectivity index (χ0v) is 11.0. The minimum Gasteiger partial charge on any atom is -0.497 e. The molecular weight excluding hydrogens is 212 g/mol. The average Bonchev–Trinajstić information content (AvgIpc) is 2.73. The Kier molecular flexibility index (Phi) is 3.69. The standard InChI is InChI=1S/C14H22N2O/c1-15-11-14(9-4-10-16(14)2)12-5-7-13(17-3)8-6-12/h5-8,15H,4,9-11H2,1-3H3. The first-order chi connectivity index (χ1) is 8.23. The van der Waals surface area contributed by atoms with Gasteiger partial charge in [-0.2, -0.15) is 0 Å². The van der Waals surface area contributed by atoms with Crippen molar-refractivity contribution in [2.24, 2.45) is 0 Å². The fourth-order valence-corrected chi connectivity index (χ4v) is 2.90. The molecule has 0 radical (unpaired) electrons. The number of nitrogens with one attached hydrogen (secondary N) is 1. The molecule has 0 aromatic heterocycles. The number of ether oxygens (including phenoxy) is 1. The van der Waals surface area contributed by atoms with Gasteiger partial charge in [0.2, 0.25) is 0 Å². The van der Waals surface area contributed by atoms with Gasteiger partial charge in [-0.3, -0.25) is 4.90 Å². The van der Waals surface area contributed by atoms with Crippen LogP contribution in [0.2, 0.25) is 0 Å². The summed E-state index contributed by atoms with van der Waals surface area (Å²) >= 11 is 0. The highest BCUT2D eigenvalue weighted by atomic mass is 16.5. The van der Waals surface area contributed by atoms with Gasteiger partial charge in [-0.05, 0) is 51.2 Å². The summed E-state index contributed by atoms with van der Waals surface area (Å²) in [7, 11) is 5.95. The lowest BCUT2D eigenvalue weighted by molar-refractivity contribution is 0.172. The lowest BCUT2D eigenvalue weighted by Gasteiger charge is -2.37. The topological polar surface area (TPSA) is 24.5 Å². The van der Waals surface area contributed by atoms with E-state index in [1.54, 1.807) is 7.11 Å². The van der Waals surface area contributed by atoms with Gasteiger partial charge < -0.3 is 10.1 Å². The fourth-order valence-electron chi connectivity index (χ4n) is 2.90. The summed E-state index contributed by atoms with van der Waals surface area (Å²) in [4.78, 5) is 2.46. The summed E-state index contributed by atoms with van der Waals surface area (Å²) < 4.78 is 5.22. The van der Waals surface area contributed by atoms with E-state index in [1.807, 2.05) is 7.05 Å². The molecule has 1 saturated heterocycles. The summed E-state index contributed by atoms with van der Waals surface area (Å²) in [6.07, 6.45) is 2.49. The Morgan fingerprint density at radius 3 is 2.53 bits per heavy atom. The number of methoxy groups -OCH3 is 1. The van der Waals surface area contributed by atoms with Gasteiger partial charge in [-0.1, -0.05) is 12.1 Å². The second-order valence-electron chi connectivity index (χ2n) is 4.82. The summed E-state index contributed by atoms with van der Waals surface area (Å²) in [5, 5.41) is 3.34. The van der Waals surface area contributed by atoms with E-state index in [1.165, 1.54) is 24.9 Å². The number of likely N-dealkylation sites (tertiary alicyclic amines) is 1. The first-order valence-electron chi connectivity index (χ1n) is 6.23. The predicted molar refractivity (Wildman–Crippen MR) is 70.5 cm³/mol. The van der Waals surface area contributed by atoms with Crippen LogP contribution in [0, 0.1) is 0 Å². The van der Waals surface area contributed by atoms with Crippen LogP contribution in [-0.2, 0) is 5.54 Å². The molecule has 3 heteroatoms. The molecule has 1 heterocycles. The Morgan fingerprint density at radius 2 is 2.06 bits per heavy atom. The van der Waals surface area contributed by atoms with Gasteiger partial charge in [0.15, 0.2) is 0 Å². The Bertz CT molecular complexity index is 363. The number of likely N-dealkylation sites (N-methyl/N-ethyl adjacent to an activating group) is 2. The molecule has 0 bridgehead atoms. The van der Waals surface area contributed by atoms with Gasteiger partial charge in [0.1, 0.15) is 5.75 Å². The SMILES string of the molecule is CNCC1(c2ccc(OC)cc2)CCCN1C. The first kappa shape index (κ1) is 12.4. The molecule has 17 heavy (non-hydrogen) atoms. The van der Waals surface area contributed by atoms with Gasteiger partial charge in [0.05, 0.1) is 12.6 Å². The second kappa shape index (κ2) is 5.07. The highest BCUT2D eigenvalue weighted by Gasteiger charge is 2.39. The molecule has 94 valence electrons. The van der Waals surface area contributed by atoms with Crippen molar-refractivity contribution >= 4 is 0 Å². The van der Waals surface area contributed by atoms with Crippen molar-refractivity contribution in [3.63, 3.8) is 0 Å². The lowest BCUT2D eigenvalue weighted by atomic mass is 9.87. The van der Waals surface area contributed by atoms with Crippen LogP contribution in [0.3, 0.4) is 0 Å². The van der Waals surface area contributed by atoms with Crippen molar-refractivity contribution < 1.29 is 4.74 Å². The lowest BCUT2D eigenvalue weighted by Crippen LogP contribution is -2.45. The number of benzene rings is 1. The van der Waals surface area contributed by atoms with Crippen molar-refractivity contribution in [3.05, 3.63) is 29.8 Å². The van der Waals surface area contributed by atoms with Crippen molar-refractivity contribution in [2.45, 2.75) is 18.4 Å². The van der Waals surface area contributed by atoms with Crippen molar-refractivity contribution in [3.8, 4) is 5.75 Å². The minimum atomic E-state index is 0.154. The molecule has 1 fully saturated rings. The highest BCUT2D eigenvalue weighted by molar-refractivity contribution is 5.33. The van der Waals surface area contributed by atoms with Crippen LogP contribution in [-0.4, -0.2) is 39.2 Å². The summed E-state index contributed by atoms with van der Waals surface area (Å²) in [6, 6.07) is 8.49. The second-order valence-corrected chi connectivity index (χ2v) is 4.82. The molecule has 1 aliphatic rings. The van der Waals surface area contributed by atoms with Gasteiger partial charge in [-0.25, -0.2) is 0 Å². The number of nitrogens with zero attached hydrogens (tertiary/aromatic N) is 1. The molecule has 3 nitrogen and oxygen atoms in total. The van der Waals surface area contributed by atoms with Gasteiger partial charge >= 0.3 is 0 Å². The maximum absolute atomic E-state index is 5.22. The van der Waals surface area contributed by atoms with Crippen LogP contribution < -0.4 is 10.1 Å². The molecule has 1 aromatic rings. The largest absolute Gasteiger partial charge is 0.497 e. The molecule has 1 N–H and O–H groups in total. The van der Waals surface area contributed by atoms with E-state index in [0.717, 1.165) is 12.3 Å². The minimum absolute atomic E-state index is 0.154. The third kappa shape index (κ3) is 2.17. The van der Waals surface area contributed by atoms with E-state index in [9.17, 15) is 0 Å². The number of rotatable bonds is 4. The van der Waals surface area contributed by atoms with E-state index in [4.69, 9.17) is 4.74 Å². The third-order valence-corrected chi connectivity index (χ3v) is 3.91. The van der Waals surface area contributed by atoms with E-state index in [-0.39, 0.29) is 5.54 Å². The van der Waals surface area contributed by atoms with Crippen LogP contribution in [0.5, 0.6) is 5.75 Å². The maximum atomic E-state index is 5.22. The quantitative estimate of drug-likeness (QED) is 0.860. The van der Waals surface area contributed by atoms with Gasteiger partial charge in [0, 0.05) is 6.54 Å². The van der Waals surface area contributed by atoms with E-state index >= 15 is 0 Å². The van der Waals surface area contributed by atoms with Gasteiger partial charge in [-0.15, -0.1) is 0 Å². The third-order valence-electron chi connectivity index (χ3n) is 3.91. The molecule has 1 unspecified atom stereocenters. The van der Waals surface area contributed by atoms with E-state index in [0.29, 0.717) is 0 Å². The summed E-state index contributed by atoms with van der Waals surface area (Å²) in [5.41, 5.74) is 1.54. The molecule has 0 amide bonds. The van der Waals surface area contributed by atoms with Crippen LogP contribution in [0.4, 0.5) is 0 Å². The highest BCUT2D eigenvalue weighted by Crippen LogP contribution is 2.37. The Balaban J connectivity index is 2.31. The number of hydrogen-bond donors (Lipinski definition) is 1. The molecule has 2 rings (SSSR count). The first-order valence-corrected chi connectivity index (χ1v) is 6.23. The predicted octanol–water partition coefficient (Wildman–Crippen LogP) is 1.84. The van der Waals surface area contributed by atoms with Crippen LogP contribution >= 0.6 is 0 Å². The Labute approximate surface area is 104 Å². The zero-order chi connectivity index (χ0) is 12.3. The summed E-state index contributed by atoms with van der Waals surface area (Å²) in [5.74, 6) is 0.925. The van der Waals surface area contributed by atoms with E-state index in [2.05, 4.69) is 41.5 Å². The fraction of sp³-hybridized carbons (Fsp3) is 0.571. The zero-order valence-electron chi connectivity index (χ0n) is 11.0. The van der Waals surface area contributed by atoms with Crippen molar-refractivity contribution in [2.75, 3.05) is 34.3 Å².